The standard InChI is InChI=1S/C32H20N2O/c1-2-11-25-24(9-1)27-12-3-5-18-33(27)32(25)26-17-16-23-22-15-14-20-8-7-10-21(20)30(22)35-31(23)29(26)28-13-4-6-19-34(28)32/h1-7,9-19H,8H2/q+2/i4D,6D,13D,19D. The predicted molar refractivity (Wildman–Crippen MR) is 136 cm³/mol. The summed E-state index contributed by atoms with van der Waals surface area (Å²) in [4.78, 5) is 0. The lowest BCUT2D eigenvalue weighted by molar-refractivity contribution is -0.955. The Balaban J connectivity index is 1.55. The van der Waals surface area contributed by atoms with E-state index in [1.165, 1.54) is 5.56 Å². The van der Waals surface area contributed by atoms with Crippen molar-refractivity contribution in [3.8, 4) is 22.5 Å². The van der Waals surface area contributed by atoms with E-state index in [9.17, 15) is 1.37 Å². The first-order chi connectivity index (χ1) is 19.0. The normalized spacial score (nSPS) is 19.8. The van der Waals surface area contributed by atoms with Gasteiger partial charge in [-0.05, 0) is 48.4 Å². The van der Waals surface area contributed by atoms with Gasteiger partial charge in [0.25, 0.3) is 0 Å². The Morgan fingerprint density at radius 1 is 0.800 bits per heavy atom. The average Bonchev–Trinajstić information content (AvgIpc) is 3.72. The lowest BCUT2D eigenvalue weighted by Crippen LogP contribution is -2.71. The third-order valence-electron chi connectivity index (χ3n) is 7.92. The van der Waals surface area contributed by atoms with Crippen LogP contribution in [0.2, 0.25) is 0 Å². The molecule has 35 heavy (non-hydrogen) atoms. The summed E-state index contributed by atoms with van der Waals surface area (Å²) in [6.45, 7) is 0. The maximum Gasteiger partial charge on any atom is 0.417 e. The monoisotopic (exact) mass is 452 g/mol. The van der Waals surface area contributed by atoms with Crippen LogP contribution in [-0.4, -0.2) is 0 Å². The van der Waals surface area contributed by atoms with Crippen LogP contribution in [0.4, 0.5) is 0 Å². The molecule has 3 aromatic heterocycles. The molecular weight excluding hydrogens is 428 g/mol. The fourth-order valence-corrected chi connectivity index (χ4v) is 6.57. The van der Waals surface area contributed by atoms with Crippen LogP contribution < -0.4 is 9.13 Å². The largest absolute Gasteiger partial charge is 0.454 e. The van der Waals surface area contributed by atoms with E-state index in [1.807, 2.05) is 30.5 Å². The highest BCUT2D eigenvalue weighted by molar-refractivity contribution is 6.12. The van der Waals surface area contributed by atoms with E-state index < -0.39 is 5.66 Å². The lowest BCUT2D eigenvalue weighted by atomic mass is 9.89. The molecule has 3 aliphatic rings. The summed E-state index contributed by atoms with van der Waals surface area (Å²) >= 11 is 0. The molecule has 1 spiro atoms. The van der Waals surface area contributed by atoms with Crippen molar-refractivity contribution in [1.29, 1.82) is 0 Å². The molecular formula is C32H20N2O+2. The molecule has 162 valence electrons. The van der Waals surface area contributed by atoms with Gasteiger partial charge in [0.15, 0.2) is 12.4 Å². The zero-order valence-corrected chi connectivity index (χ0v) is 18.6. The van der Waals surface area contributed by atoms with Crippen molar-refractivity contribution < 1.29 is 19.0 Å². The van der Waals surface area contributed by atoms with Gasteiger partial charge in [-0.15, -0.1) is 9.13 Å². The molecule has 3 nitrogen and oxygen atoms in total. The van der Waals surface area contributed by atoms with E-state index in [0.717, 1.165) is 50.7 Å². The molecule has 1 aliphatic carbocycles. The third-order valence-corrected chi connectivity index (χ3v) is 7.92. The number of hydrogen-bond donors (Lipinski definition) is 0. The lowest BCUT2D eigenvalue weighted by Gasteiger charge is -2.16. The number of pyridine rings is 2. The maximum atomic E-state index is 9.20. The van der Waals surface area contributed by atoms with Gasteiger partial charge in [0.2, 0.25) is 11.4 Å². The molecule has 3 aromatic carbocycles. The van der Waals surface area contributed by atoms with E-state index >= 15 is 0 Å². The van der Waals surface area contributed by atoms with Crippen molar-refractivity contribution in [2.24, 2.45) is 0 Å². The Kier molecular flexibility index (Phi) is 2.49. The van der Waals surface area contributed by atoms with Crippen LogP contribution in [0, 0.1) is 0 Å². The van der Waals surface area contributed by atoms with Gasteiger partial charge in [-0.25, -0.2) is 0 Å². The number of furan rings is 1. The summed E-state index contributed by atoms with van der Waals surface area (Å²) in [7, 11) is 0. The molecule has 1 atom stereocenters. The highest BCUT2D eigenvalue weighted by atomic mass is 16.3. The second kappa shape index (κ2) is 5.94. The number of rotatable bonds is 0. The highest BCUT2D eigenvalue weighted by Crippen LogP contribution is 2.50. The Hall–Kier alpha value is -4.50. The number of aromatic nitrogens is 2. The second-order valence-electron chi connectivity index (χ2n) is 9.43. The van der Waals surface area contributed by atoms with Crippen LogP contribution >= 0.6 is 0 Å². The average molecular weight is 453 g/mol. The molecule has 3 heteroatoms. The Morgan fingerprint density at radius 3 is 2.69 bits per heavy atom. The Labute approximate surface area is 207 Å². The number of allylic oxidation sites excluding steroid dienone is 1. The summed E-state index contributed by atoms with van der Waals surface area (Å²) in [5.74, 6) is 0. The fraction of sp³-hybridized carbons (Fsp3) is 0.0625. The minimum Gasteiger partial charge on any atom is -0.454 e. The topological polar surface area (TPSA) is 20.9 Å². The number of hydrogen-bond acceptors (Lipinski definition) is 1. The summed E-state index contributed by atoms with van der Waals surface area (Å²) in [5, 5.41) is 1.94. The first-order valence-corrected chi connectivity index (χ1v) is 11.9. The maximum absolute atomic E-state index is 9.20. The van der Waals surface area contributed by atoms with E-state index in [0.29, 0.717) is 16.8 Å². The van der Waals surface area contributed by atoms with Crippen LogP contribution in [0.25, 0.3) is 50.5 Å². The van der Waals surface area contributed by atoms with E-state index in [1.54, 1.807) is 4.57 Å². The van der Waals surface area contributed by atoms with Crippen LogP contribution in [0.1, 0.15) is 27.7 Å². The molecule has 1 unspecified atom stereocenters. The minimum atomic E-state index is -1.04. The molecule has 0 bridgehead atoms. The highest BCUT2D eigenvalue weighted by Gasteiger charge is 2.66. The number of benzene rings is 3. The van der Waals surface area contributed by atoms with E-state index in [2.05, 4.69) is 59.2 Å². The van der Waals surface area contributed by atoms with Crippen molar-refractivity contribution in [3.63, 3.8) is 0 Å². The fourth-order valence-electron chi connectivity index (χ4n) is 6.57. The SMILES string of the molecule is [2H]c1c([2H])c([2H])[n+]2c(c1[2H])-c1c(ccc3c1oc1c4c(ccc13)CC=C4)C21c2ccccc2-c2cccc[n+]21. The summed E-state index contributed by atoms with van der Waals surface area (Å²) < 4.78 is 46.2. The zero-order chi connectivity index (χ0) is 26.2. The molecule has 2 aliphatic heterocycles. The first-order valence-electron chi connectivity index (χ1n) is 13.9. The van der Waals surface area contributed by atoms with Crippen molar-refractivity contribution in [3.05, 3.63) is 126 Å². The summed E-state index contributed by atoms with van der Waals surface area (Å²) in [6.07, 6.45) is 7.02. The van der Waals surface area contributed by atoms with Crippen LogP contribution in [0.15, 0.2) is 108 Å². The molecule has 6 aromatic rings. The van der Waals surface area contributed by atoms with Gasteiger partial charge in [-0.3, -0.25) is 0 Å². The molecule has 9 rings (SSSR count). The molecule has 0 N–H and O–H groups in total. The minimum absolute atomic E-state index is 0.0744. The van der Waals surface area contributed by atoms with Gasteiger partial charge >= 0.3 is 5.66 Å². The van der Waals surface area contributed by atoms with Crippen molar-refractivity contribution in [1.82, 2.24) is 0 Å². The summed E-state index contributed by atoms with van der Waals surface area (Å²) in [6, 6.07) is 22.0. The van der Waals surface area contributed by atoms with Crippen LogP contribution in [-0.2, 0) is 12.1 Å². The van der Waals surface area contributed by atoms with Gasteiger partial charge in [0, 0.05) is 40.6 Å². The Bertz CT molecular complexity index is 2120. The number of fused-ring (bicyclic) bond motifs is 16. The van der Waals surface area contributed by atoms with Gasteiger partial charge in [-0.2, -0.15) is 0 Å². The summed E-state index contributed by atoms with van der Waals surface area (Å²) in [5.41, 5.74) is 7.73. The molecule has 0 radical (unpaired) electrons. The van der Waals surface area contributed by atoms with Gasteiger partial charge in [0.05, 0.1) is 9.68 Å². The quantitative estimate of drug-likeness (QED) is 0.259. The van der Waals surface area contributed by atoms with Crippen molar-refractivity contribution in [2.75, 3.05) is 0 Å². The molecule has 0 saturated heterocycles. The van der Waals surface area contributed by atoms with E-state index in [-0.39, 0.29) is 24.3 Å². The second-order valence-corrected chi connectivity index (χ2v) is 9.43. The third kappa shape index (κ3) is 1.90. The van der Waals surface area contributed by atoms with E-state index in [4.69, 9.17) is 8.53 Å². The van der Waals surface area contributed by atoms with Crippen molar-refractivity contribution >= 4 is 28.0 Å². The predicted octanol–water partition coefficient (Wildman–Crippen LogP) is 5.99. The zero-order valence-electron chi connectivity index (χ0n) is 22.6. The molecule has 0 saturated carbocycles. The first kappa shape index (κ1) is 14.7. The Morgan fingerprint density at radius 2 is 1.69 bits per heavy atom. The molecule has 0 fully saturated rings. The van der Waals surface area contributed by atoms with Gasteiger partial charge < -0.3 is 4.42 Å². The van der Waals surface area contributed by atoms with Crippen molar-refractivity contribution in [2.45, 2.75) is 12.1 Å². The van der Waals surface area contributed by atoms with Gasteiger partial charge in [0.1, 0.15) is 29.2 Å². The smallest absolute Gasteiger partial charge is 0.417 e. The van der Waals surface area contributed by atoms with Crippen LogP contribution in [0.3, 0.4) is 0 Å². The molecule has 0 amide bonds. The van der Waals surface area contributed by atoms with Gasteiger partial charge in [-0.1, -0.05) is 36.4 Å². The molecule has 5 heterocycles. The number of nitrogens with zero attached hydrogens (tertiary/aromatic N) is 2. The van der Waals surface area contributed by atoms with Crippen LogP contribution in [0.5, 0.6) is 0 Å².